The number of anilines is 1. The molecule has 1 amide bonds. The molecule has 102 valence electrons. The second-order valence-corrected chi connectivity index (χ2v) is 4.01. The molecule has 0 bridgehead atoms. The standard InChI is InChI=1S/C14H13N3O3/c15-7-12-4-5-13(20-12)8-17-10-2-1-3-11(6-10)19-9-14(16)18/h1-6,17H,8-9H2,(H2,16,18). The summed E-state index contributed by atoms with van der Waals surface area (Å²) in [6.45, 7) is 0.286. The maximum absolute atomic E-state index is 10.6. The van der Waals surface area contributed by atoms with Crippen LogP contribution in [0.2, 0.25) is 0 Å². The summed E-state index contributed by atoms with van der Waals surface area (Å²) in [5.41, 5.74) is 5.82. The molecule has 0 unspecified atom stereocenters. The lowest BCUT2D eigenvalue weighted by atomic mass is 10.3. The summed E-state index contributed by atoms with van der Waals surface area (Å²) in [6, 6.07) is 12.4. The quantitative estimate of drug-likeness (QED) is 0.831. The van der Waals surface area contributed by atoms with Gasteiger partial charge in [0.1, 0.15) is 17.6 Å². The molecule has 0 aliphatic rings. The molecule has 2 rings (SSSR count). The molecule has 1 heterocycles. The highest BCUT2D eigenvalue weighted by Gasteiger charge is 2.02. The van der Waals surface area contributed by atoms with Gasteiger partial charge in [-0.15, -0.1) is 0 Å². The number of nitriles is 1. The van der Waals surface area contributed by atoms with E-state index in [-0.39, 0.29) is 12.4 Å². The van der Waals surface area contributed by atoms with Crippen molar-refractivity contribution in [2.75, 3.05) is 11.9 Å². The summed E-state index contributed by atoms with van der Waals surface area (Å²) in [5, 5.41) is 11.8. The summed E-state index contributed by atoms with van der Waals surface area (Å²) >= 11 is 0. The number of carbonyl (C=O) groups excluding carboxylic acids is 1. The molecular formula is C14H13N3O3. The van der Waals surface area contributed by atoms with Crippen LogP contribution in [-0.4, -0.2) is 12.5 Å². The maximum Gasteiger partial charge on any atom is 0.255 e. The lowest BCUT2D eigenvalue weighted by molar-refractivity contribution is -0.119. The average Bonchev–Trinajstić information content (AvgIpc) is 2.91. The Morgan fingerprint density at radius 1 is 1.40 bits per heavy atom. The Bertz CT molecular complexity index is 643. The van der Waals surface area contributed by atoms with Gasteiger partial charge in [-0.3, -0.25) is 4.79 Å². The van der Waals surface area contributed by atoms with Gasteiger partial charge in [0.15, 0.2) is 6.61 Å². The highest BCUT2D eigenvalue weighted by molar-refractivity contribution is 5.75. The van der Waals surface area contributed by atoms with Gasteiger partial charge in [-0.1, -0.05) is 6.07 Å². The van der Waals surface area contributed by atoms with Crippen LogP contribution in [-0.2, 0) is 11.3 Å². The number of nitrogens with zero attached hydrogens (tertiary/aromatic N) is 1. The van der Waals surface area contributed by atoms with Gasteiger partial charge < -0.3 is 20.2 Å². The topological polar surface area (TPSA) is 101 Å². The van der Waals surface area contributed by atoms with Crippen LogP contribution in [0.15, 0.2) is 40.8 Å². The van der Waals surface area contributed by atoms with E-state index in [1.807, 2.05) is 12.1 Å². The third-order valence-electron chi connectivity index (χ3n) is 2.45. The summed E-state index contributed by atoms with van der Waals surface area (Å²) in [6.07, 6.45) is 0. The molecule has 6 nitrogen and oxygen atoms in total. The Morgan fingerprint density at radius 3 is 2.95 bits per heavy atom. The Morgan fingerprint density at radius 2 is 2.25 bits per heavy atom. The van der Waals surface area contributed by atoms with Gasteiger partial charge in [0, 0.05) is 11.8 Å². The Balaban J connectivity index is 1.94. The Hall–Kier alpha value is -2.94. The molecule has 0 saturated carbocycles. The minimum atomic E-state index is -0.525. The lowest BCUT2D eigenvalue weighted by Crippen LogP contribution is -2.20. The Kier molecular flexibility index (Phi) is 4.24. The van der Waals surface area contributed by atoms with E-state index in [0.717, 1.165) is 5.69 Å². The Labute approximate surface area is 115 Å². The van der Waals surface area contributed by atoms with Crippen molar-refractivity contribution in [1.29, 1.82) is 5.26 Å². The van der Waals surface area contributed by atoms with Crippen molar-refractivity contribution in [1.82, 2.24) is 0 Å². The van der Waals surface area contributed by atoms with Crippen LogP contribution >= 0.6 is 0 Å². The molecule has 1 aromatic heterocycles. The SMILES string of the molecule is N#Cc1ccc(CNc2cccc(OCC(N)=O)c2)o1. The average molecular weight is 271 g/mol. The van der Waals surface area contributed by atoms with Gasteiger partial charge in [-0.2, -0.15) is 5.26 Å². The number of carbonyl (C=O) groups is 1. The zero-order valence-corrected chi connectivity index (χ0v) is 10.6. The van der Waals surface area contributed by atoms with Crippen molar-refractivity contribution >= 4 is 11.6 Å². The van der Waals surface area contributed by atoms with Gasteiger partial charge in [0.05, 0.1) is 6.54 Å². The van der Waals surface area contributed by atoms with E-state index in [9.17, 15) is 4.79 Å². The third kappa shape index (κ3) is 3.78. The predicted octanol–water partition coefficient (Wildman–Crippen LogP) is 1.63. The molecule has 0 spiro atoms. The minimum Gasteiger partial charge on any atom is -0.484 e. The highest BCUT2D eigenvalue weighted by Crippen LogP contribution is 2.18. The second-order valence-electron chi connectivity index (χ2n) is 4.01. The van der Waals surface area contributed by atoms with Crippen LogP contribution in [0, 0.1) is 11.3 Å². The number of nitrogens with two attached hydrogens (primary N) is 1. The van der Waals surface area contributed by atoms with E-state index in [4.69, 9.17) is 20.1 Å². The smallest absolute Gasteiger partial charge is 0.255 e. The van der Waals surface area contributed by atoms with Gasteiger partial charge in [0.25, 0.3) is 5.91 Å². The van der Waals surface area contributed by atoms with Crippen molar-refractivity contribution in [2.24, 2.45) is 5.73 Å². The van der Waals surface area contributed by atoms with E-state index in [0.29, 0.717) is 18.1 Å². The summed E-state index contributed by atoms with van der Waals surface area (Å²) < 4.78 is 10.4. The van der Waals surface area contributed by atoms with Crippen LogP contribution < -0.4 is 15.8 Å². The number of furan rings is 1. The normalized spacial score (nSPS) is 9.75. The minimum absolute atomic E-state index is 0.160. The fourth-order valence-corrected chi connectivity index (χ4v) is 1.57. The first-order valence-electron chi connectivity index (χ1n) is 5.91. The fourth-order valence-electron chi connectivity index (χ4n) is 1.57. The van der Waals surface area contributed by atoms with Crippen molar-refractivity contribution in [3.05, 3.63) is 47.9 Å². The lowest BCUT2D eigenvalue weighted by Gasteiger charge is -2.07. The summed E-state index contributed by atoms with van der Waals surface area (Å²) in [4.78, 5) is 10.6. The largest absolute Gasteiger partial charge is 0.484 e. The van der Waals surface area contributed by atoms with Gasteiger partial charge >= 0.3 is 0 Å². The molecule has 0 aliphatic carbocycles. The number of primary amides is 1. The van der Waals surface area contributed by atoms with Gasteiger partial charge in [-0.05, 0) is 24.3 Å². The van der Waals surface area contributed by atoms with Gasteiger partial charge in [0.2, 0.25) is 5.76 Å². The van der Waals surface area contributed by atoms with Crippen molar-refractivity contribution in [2.45, 2.75) is 6.54 Å². The molecule has 1 aromatic carbocycles. The monoisotopic (exact) mass is 271 g/mol. The van der Waals surface area contributed by atoms with Crippen LogP contribution in [0.25, 0.3) is 0 Å². The maximum atomic E-state index is 10.6. The number of benzene rings is 1. The molecule has 6 heteroatoms. The van der Waals surface area contributed by atoms with Gasteiger partial charge in [-0.25, -0.2) is 0 Å². The van der Waals surface area contributed by atoms with Crippen LogP contribution in [0.3, 0.4) is 0 Å². The molecule has 2 aromatic rings. The predicted molar refractivity (Wildman–Crippen MR) is 71.9 cm³/mol. The molecule has 0 fully saturated rings. The van der Waals surface area contributed by atoms with E-state index in [2.05, 4.69) is 5.32 Å². The van der Waals surface area contributed by atoms with Crippen LogP contribution in [0.1, 0.15) is 11.5 Å². The number of hydrogen-bond acceptors (Lipinski definition) is 5. The molecule has 0 atom stereocenters. The zero-order valence-electron chi connectivity index (χ0n) is 10.6. The van der Waals surface area contributed by atoms with Crippen LogP contribution in [0.4, 0.5) is 5.69 Å². The van der Waals surface area contributed by atoms with Crippen molar-refractivity contribution in [3.8, 4) is 11.8 Å². The molecular weight excluding hydrogens is 258 g/mol. The summed E-state index contributed by atoms with van der Waals surface area (Å²) in [7, 11) is 0. The van der Waals surface area contributed by atoms with E-state index < -0.39 is 5.91 Å². The molecule has 0 radical (unpaired) electrons. The van der Waals surface area contributed by atoms with E-state index in [1.165, 1.54) is 0 Å². The van der Waals surface area contributed by atoms with Crippen LogP contribution in [0.5, 0.6) is 5.75 Å². The van der Waals surface area contributed by atoms with E-state index in [1.54, 1.807) is 30.3 Å². The molecule has 3 N–H and O–H groups in total. The fraction of sp³-hybridized carbons (Fsp3) is 0.143. The second kappa shape index (κ2) is 6.29. The molecule has 0 aliphatic heterocycles. The first-order valence-corrected chi connectivity index (χ1v) is 5.91. The number of ether oxygens (including phenoxy) is 1. The first kappa shape index (κ1) is 13.5. The van der Waals surface area contributed by atoms with Crippen molar-refractivity contribution < 1.29 is 13.9 Å². The third-order valence-corrected chi connectivity index (χ3v) is 2.45. The molecule has 20 heavy (non-hydrogen) atoms. The number of nitrogens with one attached hydrogen (secondary N) is 1. The number of rotatable bonds is 6. The van der Waals surface area contributed by atoms with E-state index >= 15 is 0 Å². The highest BCUT2D eigenvalue weighted by atomic mass is 16.5. The zero-order chi connectivity index (χ0) is 14.4. The summed E-state index contributed by atoms with van der Waals surface area (Å²) in [5.74, 6) is 0.958. The molecule has 0 saturated heterocycles. The first-order chi connectivity index (χ1) is 9.67. The number of amides is 1. The number of hydrogen-bond donors (Lipinski definition) is 2. The van der Waals surface area contributed by atoms with Crippen molar-refractivity contribution in [3.63, 3.8) is 0 Å².